The summed E-state index contributed by atoms with van der Waals surface area (Å²) in [4.78, 5) is 13.7. The van der Waals surface area contributed by atoms with Gasteiger partial charge < -0.3 is 14.6 Å². The van der Waals surface area contributed by atoms with Crippen LogP contribution in [0.4, 0.5) is 10.5 Å². The van der Waals surface area contributed by atoms with Crippen LogP contribution in [0, 0.1) is 0 Å². The third kappa shape index (κ3) is 3.79. The van der Waals surface area contributed by atoms with E-state index in [0.717, 1.165) is 5.56 Å². The zero-order chi connectivity index (χ0) is 15.1. The molecule has 0 radical (unpaired) electrons. The Kier molecular flexibility index (Phi) is 4.87. The van der Waals surface area contributed by atoms with Gasteiger partial charge in [0.1, 0.15) is 0 Å². The third-order valence-corrected chi connectivity index (χ3v) is 2.71. The van der Waals surface area contributed by atoms with Crippen LogP contribution < -0.4 is 5.32 Å². The molecule has 2 rings (SSSR count). The maximum atomic E-state index is 12.2. The van der Waals surface area contributed by atoms with Gasteiger partial charge in [0.15, 0.2) is 0 Å². The molecule has 0 atom stereocenters. The van der Waals surface area contributed by atoms with E-state index in [1.165, 1.54) is 6.39 Å². The fourth-order valence-electron chi connectivity index (χ4n) is 1.78. The second-order valence-electron chi connectivity index (χ2n) is 4.24. The molecular formula is C15H16N4O2. The number of hydrogen-bond donors (Lipinski definition) is 1. The first-order chi connectivity index (χ1) is 10.2. The number of nitrogens with zero attached hydrogens (tertiary/aromatic N) is 3. The van der Waals surface area contributed by atoms with E-state index in [1.807, 2.05) is 6.07 Å². The summed E-state index contributed by atoms with van der Waals surface area (Å²) in [6, 6.07) is 6.97. The minimum atomic E-state index is -0.225. The lowest BCUT2D eigenvalue weighted by atomic mass is 10.2. The van der Waals surface area contributed by atoms with Gasteiger partial charge in [0, 0.05) is 24.3 Å². The van der Waals surface area contributed by atoms with Gasteiger partial charge in [-0.2, -0.15) is 0 Å². The van der Waals surface area contributed by atoms with Gasteiger partial charge >= 0.3 is 6.03 Å². The van der Waals surface area contributed by atoms with E-state index in [0.29, 0.717) is 24.7 Å². The van der Waals surface area contributed by atoms with E-state index in [4.69, 9.17) is 4.42 Å². The second kappa shape index (κ2) is 7.04. The molecule has 2 aromatic rings. The molecule has 2 amide bonds. The van der Waals surface area contributed by atoms with Crippen molar-refractivity contribution < 1.29 is 9.21 Å². The number of amides is 2. The molecule has 6 heteroatoms. The van der Waals surface area contributed by atoms with Crippen LogP contribution in [0.1, 0.15) is 0 Å². The van der Waals surface area contributed by atoms with E-state index < -0.39 is 0 Å². The molecule has 6 nitrogen and oxygen atoms in total. The molecule has 1 aromatic heterocycles. The number of carbonyl (C=O) groups is 1. The first-order valence-electron chi connectivity index (χ1n) is 6.39. The van der Waals surface area contributed by atoms with Crippen molar-refractivity contribution in [1.29, 1.82) is 0 Å². The Morgan fingerprint density at radius 1 is 1.33 bits per heavy atom. The lowest BCUT2D eigenvalue weighted by Gasteiger charge is -2.19. The maximum Gasteiger partial charge on any atom is 0.322 e. The minimum Gasteiger partial charge on any atom is -0.423 e. The van der Waals surface area contributed by atoms with Crippen molar-refractivity contribution in [3.8, 4) is 11.5 Å². The average Bonchev–Trinajstić information content (AvgIpc) is 3.01. The van der Waals surface area contributed by atoms with Crippen LogP contribution >= 0.6 is 0 Å². The fraction of sp³-hybridized carbons (Fsp3) is 0.133. The van der Waals surface area contributed by atoms with E-state index in [1.54, 1.807) is 35.3 Å². The van der Waals surface area contributed by atoms with Crippen LogP contribution in [0.3, 0.4) is 0 Å². The molecule has 108 valence electrons. The topological polar surface area (TPSA) is 71.3 Å². The highest BCUT2D eigenvalue weighted by atomic mass is 16.4. The Morgan fingerprint density at radius 3 is 2.71 bits per heavy atom. The van der Waals surface area contributed by atoms with Crippen molar-refractivity contribution in [2.75, 3.05) is 18.4 Å². The Hall–Kier alpha value is -2.89. The first kappa shape index (κ1) is 14.5. The van der Waals surface area contributed by atoms with Crippen LogP contribution in [-0.2, 0) is 0 Å². The maximum absolute atomic E-state index is 12.2. The van der Waals surface area contributed by atoms with Gasteiger partial charge in [-0.3, -0.25) is 0 Å². The number of carbonyl (C=O) groups excluding carboxylic acids is 1. The molecule has 0 spiro atoms. The molecule has 0 aliphatic heterocycles. The van der Waals surface area contributed by atoms with E-state index in [9.17, 15) is 4.79 Å². The highest BCUT2D eigenvalue weighted by molar-refractivity contribution is 5.90. The van der Waals surface area contributed by atoms with Crippen molar-refractivity contribution in [3.05, 3.63) is 56.0 Å². The predicted molar refractivity (Wildman–Crippen MR) is 80.7 cm³/mol. The summed E-state index contributed by atoms with van der Waals surface area (Å²) in [5.74, 6) is 0.403. The normalized spacial score (nSPS) is 9.90. The van der Waals surface area contributed by atoms with Crippen LogP contribution in [0.5, 0.6) is 0 Å². The standard InChI is InChI=1S/C15H16N4O2/c1-3-8-19(9-4-2)15(20)17-13-7-5-6-12(10-13)14-18-16-11-21-14/h3-7,10-11H,1-2,8-9H2,(H,17,20). The van der Waals surface area contributed by atoms with E-state index >= 15 is 0 Å². The SMILES string of the molecule is C=CCN(CC=C)C(=O)Nc1cccc(-c2nnco2)c1. The largest absolute Gasteiger partial charge is 0.423 e. The zero-order valence-electron chi connectivity index (χ0n) is 11.5. The van der Waals surface area contributed by atoms with Crippen LogP contribution in [0.15, 0.2) is 60.4 Å². The van der Waals surface area contributed by atoms with Crippen LogP contribution in [0.25, 0.3) is 11.5 Å². The number of nitrogens with one attached hydrogen (secondary N) is 1. The Balaban J connectivity index is 2.12. The molecule has 0 aliphatic rings. The molecule has 21 heavy (non-hydrogen) atoms. The number of benzene rings is 1. The smallest absolute Gasteiger partial charge is 0.322 e. The van der Waals surface area contributed by atoms with Gasteiger partial charge in [-0.1, -0.05) is 18.2 Å². The van der Waals surface area contributed by atoms with E-state index in [2.05, 4.69) is 28.7 Å². The molecular weight excluding hydrogens is 268 g/mol. The number of hydrogen-bond acceptors (Lipinski definition) is 4. The molecule has 0 aliphatic carbocycles. The molecule has 0 fully saturated rings. The Bertz CT molecular complexity index is 612. The summed E-state index contributed by atoms with van der Waals surface area (Å²) in [6.07, 6.45) is 4.59. The number of urea groups is 1. The summed E-state index contributed by atoms with van der Waals surface area (Å²) in [7, 11) is 0. The van der Waals surface area contributed by atoms with E-state index in [-0.39, 0.29) is 6.03 Å². The summed E-state index contributed by atoms with van der Waals surface area (Å²) in [6.45, 7) is 8.16. The summed E-state index contributed by atoms with van der Waals surface area (Å²) < 4.78 is 5.13. The molecule has 0 unspecified atom stereocenters. The summed E-state index contributed by atoms with van der Waals surface area (Å²) in [5, 5.41) is 10.3. The molecule has 0 saturated heterocycles. The average molecular weight is 284 g/mol. The van der Waals surface area contributed by atoms with Crippen LogP contribution in [0.2, 0.25) is 0 Å². The zero-order valence-corrected chi connectivity index (χ0v) is 11.5. The van der Waals surface area contributed by atoms with Gasteiger partial charge in [0.05, 0.1) is 0 Å². The third-order valence-electron chi connectivity index (χ3n) is 2.71. The quantitative estimate of drug-likeness (QED) is 0.828. The number of rotatable bonds is 6. The number of anilines is 1. The molecule has 1 heterocycles. The highest BCUT2D eigenvalue weighted by Gasteiger charge is 2.11. The van der Waals surface area contributed by atoms with Crippen molar-refractivity contribution in [3.63, 3.8) is 0 Å². The van der Waals surface area contributed by atoms with Crippen molar-refractivity contribution >= 4 is 11.7 Å². The van der Waals surface area contributed by atoms with Gasteiger partial charge in [0.25, 0.3) is 0 Å². The van der Waals surface area contributed by atoms with Gasteiger partial charge in [-0.25, -0.2) is 4.79 Å². The molecule has 0 saturated carbocycles. The highest BCUT2D eigenvalue weighted by Crippen LogP contribution is 2.20. The van der Waals surface area contributed by atoms with Crippen molar-refractivity contribution in [2.45, 2.75) is 0 Å². The second-order valence-corrected chi connectivity index (χ2v) is 4.24. The lowest BCUT2D eigenvalue weighted by molar-refractivity contribution is 0.222. The lowest BCUT2D eigenvalue weighted by Crippen LogP contribution is -2.35. The Labute approximate surface area is 122 Å². The molecule has 1 aromatic carbocycles. The van der Waals surface area contributed by atoms with Gasteiger partial charge in [-0.15, -0.1) is 23.4 Å². The monoisotopic (exact) mass is 284 g/mol. The fourth-order valence-corrected chi connectivity index (χ4v) is 1.78. The minimum absolute atomic E-state index is 0.225. The predicted octanol–water partition coefficient (Wildman–Crippen LogP) is 2.94. The summed E-state index contributed by atoms with van der Waals surface area (Å²) >= 11 is 0. The Morgan fingerprint density at radius 2 is 2.10 bits per heavy atom. The molecule has 0 bridgehead atoms. The number of aromatic nitrogens is 2. The van der Waals surface area contributed by atoms with Crippen molar-refractivity contribution in [2.24, 2.45) is 0 Å². The first-order valence-corrected chi connectivity index (χ1v) is 6.39. The molecule has 1 N–H and O–H groups in total. The van der Waals surface area contributed by atoms with Gasteiger partial charge in [0.2, 0.25) is 12.3 Å². The van der Waals surface area contributed by atoms with Crippen molar-refractivity contribution in [1.82, 2.24) is 15.1 Å². The summed E-state index contributed by atoms with van der Waals surface area (Å²) in [5.41, 5.74) is 1.39. The van der Waals surface area contributed by atoms with Gasteiger partial charge in [-0.05, 0) is 18.2 Å². The van der Waals surface area contributed by atoms with Crippen LogP contribution in [-0.4, -0.2) is 34.2 Å².